The Morgan fingerprint density at radius 1 is 1.17 bits per heavy atom. The normalized spacial score (nSPS) is 33.6. The fourth-order valence-electron chi connectivity index (χ4n) is 3.09. The largest absolute Gasteiger partial charge is 0.456 e. The molecule has 1 aromatic rings. The number of rotatable bonds is 4. The Kier molecular flexibility index (Phi) is 5.45. The van der Waals surface area contributed by atoms with Gasteiger partial charge in [-0.25, -0.2) is 4.79 Å². The summed E-state index contributed by atoms with van der Waals surface area (Å²) in [5.41, 5.74) is 1.07. The summed E-state index contributed by atoms with van der Waals surface area (Å²) < 4.78 is 11.1. The van der Waals surface area contributed by atoms with Crippen molar-refractivity contribution in [2.24, 2.45) is 0 Å². The zero-order valence-corrected chi connectivity index (χ0v) is 13.3. The molecule has 5 heteroatoms. The number of aliphatic hydroxyl groups is 2. The van der Waals surface area contributed by atoms with Crippen molar-refractivity contribution >= 4 is 12.0 Å². The third-order valence-corrected chi connectivity index (χ3v) is 4.28. The van der Waals surface area contributed by atoms with Crippen LogP contribution in [0.4, 0.5) is 0 Å². The molecule has 1 aromatic carbocycles. The highest BCUT2D eigenvalue weighted by Crippen LogP contribution is 2.26. The number of aliphatic hydroxyl groups excluding tert-OH is 2. The molecule has 0 aliphatic carbocycles. The second-order valence-corrected chi connectivity index (χ2v) is 6.25. The molecule has 5 nitrogen and oxygen atoms in total. The summed E-state index contributed by atoms with van der Waals surface area (Å²) in [5.74, 6) is -0.456. The molecule has 0 saturated carbocycles. The van der Waals surface area contributed by atoms with E-state index in [1.54, 1.807) is 0 Å². The number of hydrogen-bond acceptors (Lipinski definition) is 5. The lowest BCUT2D eigenvalue weighted by Crippen LogP contribution is -2.41. The topological polar surface area (TPSA) is 76.0 Å². The van der Waals surface area contributed by atoms with Gasteiger partial charge in [0, 0.05) is 18.9 Å². The first-order valence-corrected chi connectivity index (χ1v) is 8.24. The second kappa shape index (κ2) is 7.75. The molecule has 2 heterocycles. The van der Waals surface area contributed by atoms with Crippen LogP contribution in [0.1, 0.15) is 24.8 Å². The Balaban J connectivity index is 1.60. The van der Waals surface area contributed by atoms with Crippen LogP contribution in [-0.2, 0) is 14.3 Å². The van der Waals surface area contributed by atoms with Gasteiger partial charge in [-0.3, -0.25) is 0 Å². The summed E-state index contributed by atoms with van der Waals surface area (Å²) in [4.78, 5) is 11.3. The molecule has 24 heavy (non-hydrogen) atoms. The van der Waals surface area contributed by atoms with E-state index in [1.807, 2.05) is 42.5 Å². The van der Waals surface area contributed by atoms with Gasteiger partial charge in [-0.1, -0.05) is 42.5 Å². The first-order valence-electron chi connectivity index (χ1n) is 8.24. The molecule has 0 bridgehead atoms. The van der Waals surface area contributed by atoms with Gasteiger partial charge in [0.1, 0.15) is 12.2 Å². The van der Waals surface area contributed by atoms with Crippen LogP contribution in [0.2, 0.25) is 0 Å². The quantitative estimate of drug-likeness (QED) is 0.824. The van der Waals surface area contributed by atoms with E-state index in [9.17, 15) is 15.0 Å². The number of benzene rings is 1. The van der Waals surface area contributed by atoms with Crippen molar-refractivity contribution in [3.8, 4) is 0 Å². The number of esters is 1. The van der Waals surface area contributed by atoms with E-state index in [4.69, 9.17) is 9.47 Å². The summed E-state index contributed by atoms with van der Waals surface area (Å²) in [5, 5.41) is 20.0. The van der Waals surface area contributed by atoms with Crippen LogP contribution in [0.25, 0.3) is 6.08 Å². The highest BCUT2D eigenvalue weighted by Gasteiger charge is 2.33. The predicted molar refractivity (Wildman–Crippen MR) is 89.0 cm³/mol. The summed E-state index contributed by atoms with van der Waals surface area (Å²) in [6, 6.07) is 9.88. The van der Waals surface area contributed by atoms with Gasteiger partial charge in [0.25, 0.3) is 0 Å². The van der Waals surface area contributed by atoms with Crippen molar-refractivity contribution < 1.29 is 24.5 Å². The average molecular weight is 330 g/mol. The minimum atomic E-state index is -0.830. The molecular formula is C19H22O5. The molecule has 0 aromatic heterocycles. The van der Waals surface area contributed by atoms with Gasteiger partial charge < -0.3 is 19.7 Å². The van der Waals surface area contributed by atoms with E-state index in [0.717, 1.165) is 5.56 Å². The SMILES string of the molecule is O=C1C=C[C@@H](O)[C@@H](C[C@@H]2C[C@@H](O)C[C@H](/C=C/c3ccccc3)O2)O1. The van der Waals surface area contributed by atoms with Gasteiger partial charge in [-0.2, -0.15) is 0 Å². The minimum absolute atomic E-state index is 0.203. The zero-order chi connectivity index (χ0) is 16.9. The number of hydrogen-bond donors (Lipinski definition) is 2. The second-order valence-electron chi connectivity index (χ2n) is 6.25. The van der Waals surface area contributed by atoms with Crippen molar-refractivity contribution in [1.29, 1.82) is 0 Å². The molecule has 0 spiro atoms. The van der Waals surface area contributed by atoms with E-state index in [-0.39, 0.29) is 12.2 Å². The van der Waals surface area contributed by atoms with E-state index < -0.39 is 24.3 Å². The third kappa shape index (κ3) is 4.54. The van der Waals surface area contributed by atoms with Crippen molar-refractivity contribution in [3.05, 3.63) is 54.1 Å². The van der Waals surface area contributed by atoms with E-state index in [2.05, 4.69) is 0 Å². The van der Waals surface area contributed by atoms with Crippen LogP contribution >= 0.6 is 0 Å². The summed E-state index contributed by atoms with van der Waals surface area (Å²) in [7, 11) is 0. The Hall–Kier alpha value is -1.95. The Labute approximate surface area is 141 Å². The Bertz CT molecular complexity index is 609. The Morgan fingerprint density at radius 3 is 2.75 bits per heavy atom. The zero-order valence-electron chi connectivity index (χ0n) is 13.3. The summed E-state index contributed by atoms with van der Waals surface area (Å²) >= 11 is 0. The first kappa shape index (κ1) is 16.9. The minimum Gasteiger partial charge on any atom is -0.456 e. The lowest BCUT2D eigenvalue weighted by molar-refractivity contribution is -0.155. The highest BCUT2D eigenvalue weighted by molar-refractivity contribution is 5.83. The van der Waals surface area contributed by atoms with Crippen LogP contribution in [0.3, 0.4) is 0 Å². The van der Waals surface area contributed by atoms with Gasteiger partial charge in [0.05, 0.1) is 18.3 Å². The highest BCUT2D eigenvalue weighted by atomic mass is 16.6. The molecular weight excluding hydrogens is 308 g/mol. The molecule has 2 aliphatic heterocycles. The molecule has 1 fully saturated rings. The average Bonchev–Trinajstić information content (AvgIpc) is 2.57. The van der Waals surface area contributed by atoms with Gasteiger partial charge in [0.15, 0.2) is 0 Å². The lowest BCUT2D eigenvalue weighted by atomic mass is 9.94. The fourth-order valence-corrected chi connectivity index (χ4v) is 3.09. The van der Waals surface area contributed by atoms with Crippen LogP contribution in [-0.4, -0.2) is 46.7 Å². The van der Waals surface area contributed by atoms with Gasteiger partial charge in [0.2, 0.25) is 0 Å². The molecule has 5 atom stereocenters. The lowest BCUT2D eigenvalue weighted by Gasteiger charge is -2.34. The van der Waals surface area contributed by atoms with Crippen LogP contribution < -0.4 is 0 Å². The van der Waals surface area contributed by atoms with Gasteiger partial charge >= 0.3 is 5.97 Å². The number of carbonyl (C=O) groups is 1. The number of cyclic esters (lactones) is 1. The van der Waals surface area contributed by atoms with Crippen molar-refractivity contribution in [3.63, 3.8) is 0 Å². The molecule has 128 valence electrons. The molecule has 2 N–H and O–H groups in total. The van der Waals surface area contributed by atoms with Crippen LogP contribution in [0.5, 0.6) is 0 Å². The predicted octanol–water partition coefficient (Wildman–Crippen LogP) is 1.84. The maximum absolute atomic E-state index is 11.3. The fraction of sp³-hybridized carbons (Fsp3) is 0.421. The number of ether oxygens (including phenoxy) is 2. The standard InChI is InChI=1S/C19H22O5/c20-14-10-15(7-6-13-4-2-1-3-5-13)23-16(11-14)12-18-17(21)8-9-19(22)24-18/h1-9,14-18,20-21H,10-12H2/b7-6+/t14-,15-,16-,17+,18+/m0/s1. The smallest absolute Gasteiger partial charge is 0.330 e. The molecule has 3 rings (SSSR count). The third-order valence-electron chi connectivity index (χ3n) is 4.28. The summed E-state index contributed by atoms with van der Waals surface area (Å²) in [6.07, 6.45) is 5.54. The van der Waals surface area contributed by atoms with E-state index in [0.29, 0.717) is 19.3 Å². The maximum Gasteiger partial charge on any atom is 0.330 e. The maximum atomic E-state index is 11.3. The molecule has 0 radical (unpaired) electrons. The van der Waals surface area contributed by atoms with Crippen LogP contribution in [0.15, 0.2) is 48.6 Å². The van der Waals surface area contributed by atoms with Crippen molar-refractivity contribution in [1.82, 2.24) is 0 Å². The van der Waals surface area contributed by atoms with Crippen molar-refractivity contribution in [2.45, 2.75) is 49.8 Å². The van der Waals surface area contributed by atoms with E-state index in [1.165, 1.54) is 12.2 Å². The van der Waals surface area contributed by atoms with E-state index >= 15 is 0 Å². The summed E-state index contributed by atoms with van der Waals surface area (Å²) in [6.45, 7) is 0. The Morgan fingerprint density at radius 2 is 1.96 bits per heavy atom. The monoisotopic (exact) mass is 330 g/mol. The van der Waals surface area contributed by atoms with Gasteiger partial charge in [-0.15, -0.1) is 0 Å². The van der Waals surface area contributed by atoms with Crippen molar-refractivity contribution in [2.75, 3.05) is 0 Å². The molecule has 1 saturated heterocycles. The first-order chi connectivity index (χ1) is 11.6. The van der Waals surface area contributed by atoms with Crippen LogP contribution in [0, 0.1) is 0 Å². The molecule has 0 unspecified atom stereocenters. The molecule has 0 amide bonds. The number of carbonyl (C=O) groups excluding carboxylic acids is 1. The van der Waals surface area contributed by atoms with Gasteiger partial charge in [-0.05, 0) is 18.1 Å². The molecule has 2 aliphatic rings.